The lowest BCUT2D eigenvalue weighted by Gasteiger charge is -2.50. The molecule has 0 aliphatic carbocycles. The SMILES string of the molecule is COc1ncccc1C(=O)N1CC[C@H]2OCCC[C@@]2(COC(C)C)C1. The second-order valence-corrected chi connectivity index (χ2v) is 7.26. The second kappa shape index (κ2) is 7.70. The maximum absolute atomic E-state index is 13.1. The minimum absolute atomic E-state index is 0.0297. The second-order valence-electron chi connectivity index (χ2n) is 7.26. The van der Waals surface area contributed by atoms with E-state index in [9.17, 15) is 4.79 Å². The van der Waals surface area contributed by atoms with Crippen molar-refractivity contribution >= 4 is 5.91 Å². The monoisotopic (exact) mass is 348 g/mol. The molecule has 1 aromatic rings. The van der Waals surface area contributed by atoms with Gasteiger partial charge in [-0.3, -0.25) is 4.79 Å². The number of amides is 1. The highest BCUT2D eigenvalue weighted by Gasteiger charge is 2.47. The van der Waals surface area contributed by atoms with Crippen molar-refractivity contribution in [1.82, 2.24) is 9.88 Å². The first kappa shape index (κ1) is 18.1. The molecule has 0 saturated carbocycles. The van der Waals surface area contributed by atoms with Gasteiger partial charge in [-0.05, 0) is 45.2 Å². The average Bonchev–Trinajstić information content (AvgIpc) is 2.65. The van der Waals surface area contributed by atoms with Crippen LogP contribution < -0.4 is 4.74 Å². The van der Waals surface area contributed by atoms with E-state index < -0.39 is 0 Å². The normalized spacial score (nSPS) is 26.4. The van der Waals surface area contributed by atoms with Gasteiger partial charge in [0, 0.05) is 31.3 Å². The number of hydrogen-bond donors (Lipinski definition) is 0. The summed E-state index contributed by atoms with van der Waals surface area (Å²) in [5.41, 5.74) is 0.395. The van der Waals surface area contributed by atoms with E-state index in [-0.39, 0.29) is 23.5 Å². The van der Waals surface area contributed by atoms with Gasteiger partial charge in [0.15, 0.2) is 0 Å². The molecule has 6 nitrogen and oxygen atoms in total. The number of ether oxygens (including phenoxy) is 3. The fourth-order valence-electron chi connectivity index (χ4n) is 3.89. The van der Waals surface area contributed by atoms with Crippen LogP contribution in [0.5, 0.6) is 5.88 Å². The van der Waals surface area contributed by atoms with Crippen LogP contribution in [0.3, 0.4) is 0 Å². The van der Waals surface area contributed by atoms with Crippen LogP contribution >= 0.6 is 0 Å². The van der Waals surface area contributed by atoms with Crippen LogP contribution in [0.4, 0.5) is 0 Å². The lowest BCUT2D eigenvalue weighted by molar-refractivity contribution is -0.152. The van der Waals surface area contributed by atoms with Crippen molar-refractivity contribution in [3.05, 3.63) is 23.9 Å². The molecule has 1 aromatic heterocycles. The minimum Gasteiger partial charge on any atom is -0.480 e. The standard InChI is InChI=1S/C19H28N2O4/c1-14(2)25-13-19-8-5-11-24-16(19)7-10-21(12-19)18(22)15-6-4-9-20-17(15)23-3/h4,6,9,14,16H,5,7-8,10-13H2,1-3H3/t16-,19+/m1/s1. The van der Waals surface area contributed by atoms with Crippen LogP contribution in [0, 0.1) is 5.41 Å². The van der Waals surface area contributed by atoms with Crippen molar-refractivity contribution in [3.63, 3.8) is 0 Å². The van der Waals surface area contributed by atoms with Gasteiger partial charge in [-0.2, -0.15) is 0 Å². The first-order valence-corrected chi connectivity index (χ1v) is 9.07. The van der Waals surface area contributed by atoms with Crippen molar-refractivity contribution in [3.8, 4) is 5.88 Å². The Hall–Kier alpha value is -1.66. The van der Waals surface area contributed by atoms with E-state index in [1.807, 2.05) is 18.7 Å². The van der Waals surface area contributed by atoms with Crippen LogP contribution in [0.25, 0.3) is 0 Å². The molecule has 138 valence electrons. The third-order valence-corrected chi connectivity index (χ3v) is 5.17. The molecule has 0 spiro atoms. The van der Waals surface area contributed by atoms with Gasteiger partial charge in [0.1, 0.15) is 5.56 Å². The first-order chi connectivity index (χ1) is 12.1. The Kier molecular flexibility index (Phi) is 5.59. The zero-order valence-corrected chi connectivity index (χ0v) is 15.4. The quantitative estimate of drug-likeness (QED) is 0.818. The summed E-state index contributed by atoms with van der Waals surface area (Å²) < 4.78 is 17.3. The van der Waals surface area contributed by atoms with Gasteiger partial charge < -0.3 is 19.1 Å². The number of likely N-dealkylation sites (tertiary alicyclic amines) is 1. The number of hydrogen-bond acceptors (Lipinski definition) is 5. The molecule has 0 aromatic carbocycles. The van der Waals surface area contributed by atoms with Crippen molar-refractivity contribution in [1.29, 1.82) is 0 Å². The van der Waals surface area contributed by atoms with E-state index in [0.717, 1.165) is 25.9 Å². The van der Waals surface area contributed by atoms with Crippen LogP contribution in [0.1, 0.15) is 43.5 Å². The topological polar surface area (TPSA) is 60.9 Å². The summed E-state index contributed by atoms with van der Waals surface area (Å²) in [7, 11) is 1.54. The molecule has 2 aliphatic rings. The van der Waals surface area contributed by atoms with Crippen molar-refractivity contribution in [2.24, 2.45) is 5.41 Å². The Labute approximate surface area is 149 Å². The van der Waals surface area contributed by atoms with Crippen LogP contribution in [0.15, 0.2) is 18.3 Å². The summed E-state index contributed by atoms with van der Waals surface area (Å²) in [6.45, 7) is 6.86. The molecule has 2 saturated heterocycles. The number of aromatic nitrogens is 1. The van der Waals surface area contributed by atoms with Crippen molar-refractivity contribution in [2.45, 2.75) is 45.3 Å². The van der Waals surface area contributed by atoms with Gasteiger partial charge in [0.05, 0.1) is 25.9 Å². The fraction of sp³-hybridized carbons (Fsp3) is 0.684. The molecule has 0 bridgehead atoms. The molecule has 3 heterocycles. The number of nitrogens with zero attached hydrogens (tertiary/aromatic N) is 2. The molecule has 0 N–H and O–H groups in total. The Bertz CT molecular complexity index is 607. The van der Waals surface area contributed by atoms with Crippen LogP contribution in [-0.4, -0.2) is 61.4 Å². The third-order valence-electron chi connectivity index (χ3n) is 5.17. The first-order valence-electron chi connectivity index (χ1n) is 9.07. The molecule has 1 amide bonds. The van der Waals surface area contributed by atoms with E-state index in [1.165, 1.54) is 7.11 Å². The predicted octanol–water partition coefficient (Wildman–Crippen LogP) is 2.53. The maximum atomic E-state index is 13.1. The molecular weight excluding hydrogens is 320 g/mol. The van der Waals surface area contributed by atoms with Gasteiger partial charge in [0.2, 0.25) is 5.88 Å². The molecule has 3 rings (SSSR count). The largest absolute Gasteiger partial charge is 0.480 e. The van der Waals surface area contributed by atoms with Gasteiger partial charge in [0.25, 0.3) is 5.91 Å². The number of methoxy groups -OCH3 is 1. The Morgan fingerprint density at radius 1 is 1.52 bits per heavy atom. The van der Waals surface area contributed by atoms with Gasteiger partial charge in [-0.15, -0.1) is 0 Å². The molecule has 2 fully saturated rings. The van der Waals surface area contributed by atoms with Gasteiger partial charge in [-0.25, -0.2) is 4.98 Å². The molecule has 0 radical (unpaired) electrons. The summed E-state index contributed by atoms with van der Waals surface area (Å²) in [5.74, 6) is 0.347. The third kappa shape index (κ3) is 3.80. The summed E-state index contributed by atoms with van der Waals surface area (Å²) in [6.07, 6.45) is 4.85. The molecule has 25 heavy (non-hydrogen) atoms. The van der Waals surface area contributed by atoms with Crippen molar-refractivity contribution in [2.75, 3.05) is 33.4 Å². The van der Waals surface area contributed by atoms with E-state index in [4.69, 9.17) is 14.2 Å². The highest BCUT2D eigenvalue weighted by atomic mass is 16.5. The lowest BCUT2D eigenvalue weighted by atomic mass is 9.73. The zero-order chi connectivity index (χ0) is 17.9. The lowest BCUT2D eigenvalue weighted by Crippen LogP contribution is -2.58. The minimum atomic E-state index is -0.119. The van der Waals surface area contributed by atoms with Crippen LogP contribution in [0.2, 0.25) is 0 Å². The number of piperidine rings is 1. The summed E-state index contributed by atoms with van der Waals surface area (Å²) >= 11 is 0. The van der Waals surface area contributed by atoms with Crippen molar-refractivity contribution < 1.29 is 19.0 Å². The zero-order valence-electron chi connectivity index (χ0n) is 15.4. The summed E-state index contributed by atoms with van der Waals surface area (Å²) in [4.78, 5) is 19.1. The van der Waals surface area contributed by atoms with E-state index in [1.54, 1.807) is 18.3 Å². The Balaban J connectivity index is 1.80. The number of fused-ring (bicyclic) bond motifs is 1. The number of carbonyl (C=O) groups is 1. The Morgan fingerprint density at radius 3 is 3.12 bits per heavy atom. The average molecular weight is 348 g/mol. The molecule has 0 unspecified atom stereocenters. The fourth-order valence-corrected chi connectivity index (χ4v) is 3.89. The van der Waals surface area contributed by atoms with E-state index in [2.05, 4.69) is 4.98 Å². The number of carbonyl (C=O) groups excluding carboxylic acids is 1. The molecule has 2 aliphatic heterocycles. The highest BCUT2D eigenvalue weighted by molar-refractivity contribution is 5.96. The summed E-state index contributed by atoms with van der Waals surface area (Å²) in [6, 6.07) is 3.54. The van der Waals surface area contributed by atoms with Gasteiger partial charge >= 0.3 is 0 Å². The summed E-state index contributed by atoms with van der Waals surface area (Å²) in [5, 5.41) is 0. The predicted molar refractivity (Wildman–Crippen MR) is 93.8 cm³/mol. The smallest absolute Gasteiger partial charge is 0.259 e. The van der Waals surface area contributed by atoms with E-state index in [0.29, 0.717) is 31.1 Å². The maximum Gasteiger partial charge on any atom is 0.259 e. The van der Waals surface area contributed by atoms with Crippen LogP contribution in [-0.2, 0) is 9.47 Å². The molecule has 2 atom stereocenters. The number of pyridine rings is 1. The van der Waals surface area contributed by atoms with Gasteiger partial charge in [-0.1, -0.05) is 0 Å². The Morgan fingerprint density at radius 2 is 2.36 bits per heavy atom. The molecule has 6 heteroatoms. The van der Waals surface area contributed by atoms with E-state index >= 15 is 0 Å². The highest BCUT2D eigenvalue weighted by Crippen LogP contribution is 2.41. The molecular formula is C19H28N2O4. The number of rotatable bonds is 5.